The molecule has 0 heterocycles. The van der Waals surface area contributed by atoms with Crippen LogP contribution in [0.1, 0.15) is 11.1 Å². The summed E-state index contributed by atoms with van der Waals surface area (Å²) >= 11 is 0. The van der Waals surface area contributed by atoms with Crippen molar-refractivity contribution in [1.29, 1.82) is 0 Å². The van der Waals surface area contributed by atoms with Crippen molar-refractivity contribution in [2.45, 2.75) is 11.5 Å². The zero-order valence-corrected chi connectivity index (χ0v) is 13.3. The SMILES string of the molecule is CS(=O)(=O)SCc1ccccc1CSS(C)(=O)=O. The Balaban J connectivity index is 2.80. The van der Waals surface area contributed by atoms with Gasteiger partial charge in [-0.3, -0.25) is 0 Å². The van der Waals surface area contributed by atoms with E-state index in [-0.39, 0.29) is 0 Å². The molecular formula is C10H14O4S4. The molecule has 0 radical (unpaired) electrons. The van der Waals surface area contributed by atoms with E-state index >= 15 is 0 Å². The van der Waals surface area contributed by atoms with Crippen molar-refractivity contribution >= 4 is 39.3 Å². The fourth-order valence-corrected chi connectivity index (χ4v) is 4.47. The maximum absolute atomic E-state index is 11.1. The molecule has 0 N–H and O–H groups in total. The van der Waals surface area contributed by atoms with E-state index in [1.807, 2.05) is 24.3 Å². The zero-order valence-electron chi connectivity index (χ0n) is 9.99. The molecule has 1 aromatic carbocycles. The smallest absolute Gasteiger partial charge is 0.199 e. The minimum atomic E-state index is -3.09. The fraction of sp³-hybridized carbons (Fsp3) is 0.400. The Morgan fingerprint density at radius 2 is 1.17 bits per heavy atom. The predicted molar refractivity (Wildman–Crippen MR) is 78.7 cm³/mol. The summed E-state index contributed by atoms with van der Waals surface area (Å²) in [7, 11) is -4.49. The van der Waals surface area contributed by atoms with Gasteiger partial charge in [-0.05, 0) is 32.7 Å². The topological polar surface area (TPSA) is 68.3 Å². The lowest BCUT2D eigenvalue weighted by molar-refractivity contribution is 0.614. The monoisotopic (exact) mass is 326 g/mol. The summed E-state index contributed by atoms with van der Waals surface area (Å²) in [5, 5.41) is 0. The van der Waals surface area contributed by atoms with Crippen LogP contribution < -0.4 is 0 Å². The van der Waals surface area contributed by atoms with E-state index in [1.165, 1.54) is 0 Å². The van der Waals surface area contributed by atoms with Gasteiger partial charge in [0, 0.05) is 24.0 Å². The maximum Gasteiger partial charge on any atom is 0.199 e. The van der Waals surface area contributed by atoms with Gasteiger partial charge in [0.25, 0.3) is 0 Å². The molecule has 0 aliphatic heterocycles. The average molecular weight is 326 g/mol. The van der Waals surface area contributed by atoms with Crippen molar-refractivity contribution in [2.75, 3.05) is 12.5 Å². The van der Waals surface area contributed by atoms with Gasteiger partial charge in [-0.25, -0.2) is 16.8 Å². The average Bonchev–Trinajstić information content (AvgIpc) is 2.22. The minimum absolute atomic E-state index is 0.333. The van der Waals surface area contributed by atoms with E-state index in [4.69, 9.17) is 0 Å². The molecule has 18 heavy (non-hydrogen) atoms. The Bertz CT molecular complexity index is 550. The molecule has 0 saturated carbocycles. The summed E-state index contributed by atoms with van der Waals surface area (Å²) in [5.41, 5.74) is 1.70. The van der Waals surface area contributed by atoms with E-state index in [2.05, 4.69) is 0 Å². The van der Waals surface area contributed by atoms with Gasteiger partial charge in [0.2, 0.25) is 0 Å². The highest BCUT2D eigenvalue weighted by Gasteiger charge is 2.10. The molecule has 1 rings (SSSR count). The Morgan fingerprint density at radius 1 is 0.833 bits per heavy atom. The van der Waals surface area contributed by atoms with Gasteiger partial charge in [0.1, 0.15) is 0 Å². The van der Waals surface area contributed by atoms with Crippen LogP contribution in [0.3, 0.4) is 0 Å². The van der Waals surface area contributed by atoms with Crippen molar-refractivity contribution in [3.63, 3.8) is 0 Å². The first-order chi connectivity index (χ1) is 8.17. The Labute approximate surface area is 115 Å². The molecule has 0 atom stereocenters. The van der Waals surface area contributed by atoms with Crippen LogP contribution in [0.5, 0.6) is 0 Å². The molecule has 0 aliphatic carbocycles. The number of hydrogen-bond acceptors (Lipinski definition) is 6. The number of hydrogen-bond donors (Lipinski definition) is 0. The van der Waals surface area contributed by atoms with Crippen molar-refractivity contribution in [3.05, 3.63) is 35.4 Å². The van der Waals surface area contributed by atoms with Crippen molar-refractivity contribution in [3.8, 4) is 0 Å². The molecule has 0 bridgehead atoms. The molecule has 0 unspecified atom stereocenters. The molecule has 0 fully saturated rings. The molecule has 0 saturated heterocycles. The summed E-state index contributed by atoms with van der Waals surface area (Å²) in [5.74, 6) is 0.665. The van der Waals surface area contributed by atoms with E-state index in [9.17, 15) is 16.8 Å². The van der Waals surface area contributed by atoms with Gasteiger partial charge in [-0.1, -0.05) is 24.3 Å². The summed E-state index contributed by atoms with van der Waals surface area (Å²) < 4.78 is 44.4. The van der Waals surface area contributed by atoms with Gasteiger partial charge in [0.05, 0.1) is 0 Å². The largest absolute Gasteiger partial charge is 0.218 e. The predicted octanol–water partition coefficient (Wildman–Crippen LogP) is 2.07. The van der Waals surface area contributed by atoms with Gasteiger partial charge < -0.3 is 0 Å². The van der Waals surface area contributed by atoms with Gasteiger partial charge in [-0.15, -0.1) is 0 Å². The normalized spacial score (nSPS) is 12.6. The van der Waals surface area contributed by atoms with Crippen molar-refractivity contribution < 1.29 is 16.8 Å². The van der Waals surface area contributed by atoms with Gasteiger partial charge >= 0.3 is 0 Å². The molecule has 8 heteroatoms. The van der Waals surface area contributed by atoms with Crippen LogP contribution in [0.2, 0.25) is 0 Å². The number of benzene rings is 1. The third-order valence-corrected chi connectivity index (χ3v) is 6.97. The third-order valence-electron chi connectivity index (χ3n) is 1.98. The molecule has 1 aromatic rings. The molecule has 0 spiro atoms. The summed E-state index contributed by atoms with van der Waals surface area (Å²) in [6, 6.07) is 7.26. The zero-order chi connectivity index (χ0) is 13.8. The number of rotatable bonds is 6. The van der Waals surface area contributed by atoms with Crippen LogP contribution in [0.15, 0.2) is 24.3 Å². The maximum atomic E-state index is 11.1. The molecule has 0 aliphatic rings. The second-order valence-electron chi connectivity index (χ2n) is 3.70. The standard InChI is InChI=1S/C10H14O4S4/c1-17(11,12)15-7-9-5-3-4-6-10(9)8-16-18(2,13)14/h3-6H,7-8H2,1-2H3. The highest BCUT2D eigenvalue weighted by Crippen LogP contribution is 2.25. The van der Waals surface area contributed by atoms with Crippen LogP contribution in [0.4, 0.5) is 0 Å². The highest BCUT2D eigenvalue weighted by atomic mass is 33.1. The first kappa shape index (κ1) is 15.9. The summed E-state index contributed by atoms with van der Waals surface area (Å²) in [6.07, 6.45) is 2.32. The highest BCUT2D eigenvalue weighted by molar-refractivity contribution is 8.71. The lowest BCUT2D eigenvalue weighted by Crippen LogP contribution is -1.96. The quantitative estimate of drug-likeness (QED) is 0.746. The lowest BCUT2D eigenvalue weighted by Gasteiger charge is -2.07. The fourth-order valence-electron chi connectivity index (χ4n) is 1.18. The second-order valence-corrected chi connectivity index (χ2v) is 12.6. The van der Waals surface area contributed by atoms with E-state index < -0.39 is 17.7 Å². The van der Waals surface area contributed by atoms with Crippen LogP contribution in [0.25, 0.3) is 0 Å². The molecule has 0 amide bonds. The Kier molecular flexibility index (Phi) is 5.57. The van der Waals surface area contributed by atoms with Crippen LogP contribution >= 0.6 is 21.6 Å². The third kappa shape index (κ3) is 6.67. The molecule has 4 nitrogen and oxygen atoms in total. The Morgan fingerprint density at radius 3 is 1.44 bits per heavy atom. The van der Waals surface area contributed by atoms with E-state index in [0.29, 0.717) is 11.5 Å². The van der Waals surface area contributed by atoms with Crippen molar-refractivity contribution in [1.82, 2.24) is 0 Å². The van der Waals surface area contributed by atoms with Gasteiger partial charge in [-0.2, -0.15) is 0 Å². The first-order valence-electron chi connectivity index (χ1n) is 4.93. The first-order valence-corrected chi connectivity index (χ1v) is 11.7. The van der Waals surface area contributed by atoms with Crippen LogP contribution in [-0.4, -0.2) is 29.3 Å². The van der Waals surface area contributed by atoms with Crippen LogP contribution in [0, 0.1) is 0 Å². The van der Waals surface area contributed by atoms with E-state index in [0.717, 1.165) is 45.2 Å². The minimum Gasteiger partial charge on any atom is -0.218 e. The van der Waals surface area contributed by atoms with Crippen molar-refractivity contribution in [2.24, 2.45) is 0 Å². The summed E-state index contributed by atoms with van der Waals surface area (Å²) in [4.78, 5) is 0. The molecular weight excluding hydrogens is 312 g/mol. The van der Waals surface area contributed by atoms with Gasteiger partial charge in [0.15, 0.2) is 17.7 Å². The lowest BCUT2D eigenvalue weighted by atomic mass is 10.1. The molecule has 102 valence electrons. The Hall–Kier alpha value is -0.180. The summed E-state index contributed by atoms with van der Waals surface area (Å²) in [6.45, 7) is 0. The second kappa shape index (κ2) is 6.31. The van der Waals surface area contributed by atoms with Crippen LogP contribution in [-0.2, 0) is 29.2 Å². The molecule has 0 aromatic heterocycles. The van der Waals surface area contributed by atoms with E-state index in [1.54, 1.807) is 0 Å².